The summed E-state index contributed by atoms with van der Waals surface area (Å²) in [6.45, 7) is 1.16. The van der Waals surface area contributed by atoms with Gasteiger partial charge in [0, 0.05) is 25.9 Å². The topological polar surface area (TPSA) is 87.0 Å². The fourth-order valence-electron chi connectivity index (χ4n) is 1.94. The van der Waals surface area contributed by atoms with Crippen LogP contribution in [0.25, 0.3) is 0 Å². The highest BCUT2D eigenvalue weighted by Gasteiger charge is 2.06. The number of aromatic nitrogens is 1. The second-order valence-corrected chi connectivity index (χ2v) is 4.85. The summed E-state index contributed by atoms with van der Waals surface area (Å²) < 4.78 is 4.92. The van der Waals surface area contributed by atoms with Crippen molar-refractivity contribution >= 4 is 17.3 Å². The van der Waals surface area contributed by atoms with Crippen LogP contribution >= 0.6 is 0 Å². The van der Waals surface area contributed by atoms with Gasteiger partial charge < -0.3 is 15.4 Å². The van der Waals surface area contributed by atoms with Gasteiger partial charge in [0.25, 0.3) is 5.91 Å². The molecule has 118 valence electrons. The van der Waals surface area contributed by atoms with Crippen molar-refractivity contribution in [3.63, 3.8) is 0 Å². The van der Waals surface area contributed by atoms with Crippen molar-refractivity contribution in [1.29, 1.82) is 5.26 Å². The second kappa shape index (κ2) is 8.51. The number of ether oxygens (including phenoxy) is 1. The maximum absolute atomic E-state index is 11.9. The van der Waals surface area contributed by atoms with E-state index in [1.54, 1.807) is 43.6 Å². The number of benzene rings is 1. The lowest BCUT2D eigenvalue weighted by Gasteiger charge is -2.08. The van der Waals surface area contributed by atoms with E-state index in [0.717, 1.165) is 17.8 Å². The van der Waals surface area contributed by atoms with Crippen molar-refractivity contribution in [2.45, 2.75) is 6.42 Å². The van der Waals surface area contributed by atoms with Crippen LogP contribution in [0.1, 0.15) is 22.5 Å². The molecule has 0 bridgehead atoms. The Morgan fingerprint density at radius 1 is 1.30 bits per heavy atom. The summed E-state index contributed by atoms with van der Waals surface area (Å²) >= 11 is 0. The average molecular weight is 310 g/mol. The van der Waals surface area contributed by atoms with Crippen molar-refractivity contribution in [1.82, 2.24) is 10.3 Å². The van der Waals surface area contributed by atoms with E-state index in [-0.39, 0.29) is 5.91 Å². The van der Waals surface area contributed by atoms with Crippen molar-refractivity contribution in [3.05, 3.63) is 53.9 Å². The zero-order valence-electron chi connectivity index (χ0n) is 12.9. The molecule has 0 aliphatic heterocycles. The highest BCUT2D eigenvalue weighted by Crippen LogP contribution is 2.16. The molecule has 2 rings (SSSR count). The molecule has 1 aromatic carbocycles. The quantitative estimate of drug-likeness (QED) is 0.767. The molecule has 0 atom stereocenters. The highest BCUT2D eigenvalue weighted by atomic mass is 16.5. The number of methoxy groups -OCH3 is 1. The fourth-order valence-corrected chi connectivity index (χ4v) is 1.94. The molecule has 23 heavy (non-hydrogen) atoms. The Bertz CT molecular complexity index is 692. The molecule has 0 fully saturated rings. The number of amides is 1. The van der Waals surface area contributed by atoms with Crippen molar-refractivity contribution in [2.75, 3.05) is 25.6 Å². The van der Waals surface area contributed by atoms with Crippen LogP contribution in [0.4, 0.5) is 11.4 Å². The van der Waals surface area contributed by atoms with Gasteiger partial charge in [-0.15, -0.1) is 0 Å². The van der Waals surface area contributed by atoms with Gasteiger partial charge in [-0.1, -0.05) is 6.07 Å². The summed E-state index contributed by atoms with van der Waals surface area (Å²) in [5.74, 6) is -0.209. The van der Waals surface area contributed by atoms with Crippen LogP contribution in [-0.4, -0.2) is 31.2 Å². The van der Waals surface area contributed by atoms with Crippen molar-refractivity contribution < 1.29 is 9.53 Å². The Labute approximate surface area is 135 Å². The number of nitriles is 1. The lowest BCUT2D eigenvalue weighted by Crippen LogP contribution is -2.26. The number of nitrogens with one attached hydrogen (secondary N) is 2. The molecule has 0 unspecified atom stereocenters. The maximum Gasteiger partial charge on any atom is 0.269 e. The number of hydrogen-bond donors (Lipinski definition) is 2. The number of nitrogens with zero attached hydrogens (tertiary/aromatic N) is 2. The molecule has 0 saturated heterocycles. The Balaban J connectivity index is 1.93. The molecule has 1 amide bonds. The van der Waals surface area contributed by atoms with Gasteiger partial charge in [-0.2, -0.15) is 5.26 Å². The normalized spacial score (nSPS) is 9.91. The van der Waals surface area contributed by atoms with Crippen molar-refractivity contribution in [2.24, 2.45) is 0 Å². The van der Waals surface area contributed by atoms with Crippen molar-refractivity contribution in [3.8, 4) is 6.07 Å². The Hall–Kier alpha value is -2.91. The van der Waals surface area contributed by atoms with E-state index < -0.39 is 0 Å². The second-order valence-electron chi connectivity index (χ2n) is 4.85. The molecular formula is C17H18N4O2. The van der Waals surface area contributed by atoms with Gasteiger partial charge in [0.05, 0.1) is 23.5 Å². The first kappa shape index (κ1) is 16.5. The molecule has 0 saturated carbocycles. The zero-order valence-corrected chi connectivity index (χ0v) is 12.9. The van der Waals surface area contributed by atoms with Gasteiger partial charge in [-0.3, -0.25) is 4.79 Å². The number of anilines is 2. The lowest BCUT2D eigenvalue weighted by molar-refractivity contribution is 0.0943. The first-order valence-corrected chi connectivity index (χ1v) is 7.23. The van der Waals surface area contributed by atoms with Crippen LogP contribution in [0.15, 0.2) is 42.6 Å². The Morgan fingerprint density at radius 2 is 2.17 bits per heavy atom. The van der Waals surface area contributed by atoms with E-state index in [2.05, 4.69) is 21.7 Å². The molecule has 0 radical (unpaired) electrons. The minimum absolute atomic E-state index is 0.209. The van der Waals surface area contributed by atoms with E-state index in [9.17, 15) is 4.79 Å². The lowest BCUT2D eigenvalue weighted by atomic mass is 10.2. The molecule has 2 aromatic rings. The molecule has 1 aromatic heterocycles. The maximum atomic E-state index is 11.9. The molecular weight excluding hydrogens is 292 g/mol. The average Bonchev–Trinajstić information content (AvgIpc) is 2.59. The van der Waals surface area contributed by atoms with Gasteiger partial charge in [-0.05, 0) is 36.8 Å². The largest absolute Gasteiger partial charge is 0.385 e. The van der Waals surface area contributed by atoms with E-state index in [0.29, 0.717) is 24.4 Å². The molecule has 6 nitrogen and oxygen atoms in total. The summed E-state index contributed by atoms with van der Waals surface area (Å²) in [6, 6.07) is 12.7. The molecule has 0 spiro atoms. The summed E-state index contributed by atoms with van der Waals surface area (Å²) in [6.07, 6.45) is 2.35. The van der Waals surface area contributed by atoms with Crippen LogP contribution in [0.5, 0.6) is 0 Å². The van der Waals surface area contributed by atoms with Gasteiger partial charge >= 0.3 is 0 Å². The van der Waals surface area contributed by atoms with Gasteiger partial charge in [0.2, 0.25) is 0 Å². The third-order valence-electron chi connectivity index (χ3n) is 3.09. The standard InChI is InChI=1S/C17H18N4O2/c1-23-9-3-8-19-17(22)16-7-6-15(12-20-16)21-14-5-2-4-13(10-14)11-18/h2,4-7,10,12,21H,3,8-9H2,1H3,(H,19,22). The smallest absolute Gasteiger partial charge is 0.269 e. The minimum Gasteiger partial charge on any atom is -0.385 e. The Morgan fingerprint density at radius 3 is 2.87 bits per heavy atom. The number of carbonyl (C=O) groups excluding carboxylic acids is 1. The molecule has 1 heterocycles. The van der Waals surface area contributed by atoms with E-state index in [1.807, 2.05) is 6.07 Å². The summed E-state index contributed by atoms with van der Waals surface area (Å²) in [7, 11) is 1.63. The molecule has 0 aliphatic rings. The molecule has 6 heteroatoms. The fraction of sp³-hybridized carbons (Fsp3) is 0.235. The minimum atomic E-state index is -0.209. The summed E-state index contributed by atoms with van der Waals surface area (Å²) in [4.78, 5) is 16.0. The van der Waals surface area contributed by atoms with Gasteiger partial charge in [0.1, 0.15) is 5.69 Å². The van der Waals surface area contributed by atoms with Crippen LogP contribution in [0, 0.1) is 11.3 Å². The van der Waals surface area contributed by atoms with E-state index >= 15 is 0 Å². The number of rotatable bonds is 7. The first-order chi connectivity index (χ1) is 11.2. The van der Waals surface area contributed by atoms with Gasteiger partial charge in [-0.25, -0.2) is 4.98 Å². The third-order valence-corrected chi connectivity index (χ3v) is 3.09. The summed E-state index contributed by atoms with van der Waals surface area (Å²) in [5, 5.41) is 14.8. The van der Waals surface area contributed by atoms with E-state index in [4.69, 9.17) is 10.00 Å². The highest BCUT2D eigenvalue weighted by molar-refractivity contribution is 5.92. The number of hydrogen-bond acceptors (Lipinski definition) is 5. The number of carbonyl (C=O) groups is 1. The third kappa shape index (κ3) is 5.09. The van der Waals surface area contributed by atoms with E-state index in [1.165, 1.54) is 0 Å². The predicted octanol–water partition coefficient (Wildman–Crippen LogP) is 2.46. The van der Waals surface area contributed by atoms with Crippen LogP contribution in [0.3, 0.4) is 0 Å². The first-order valence-electron chi connectivity index (χ1n) is 7.23. The Kier molecular flexibility index (Phi) is 6.09. The molecule has 2 N–H and O–H groups in total. The monoisotopic (exact) mass is 310 g/mol. The predicted molar refractivity (Wildman–Crippen MR) is 87.5 cm³/mol. The van der Waals surface area contributed by atoms with Crippen LogP contribution in [-0.2, 0) is 4.74 Å². The molecule has 0 aliphatic carbocycles. The summed E-state index contributed by atoms with van der Waals surface area (Å²) in [5.41, 5.74) is 2.48. The van der Waals surface area contributed by atoms with Crippen LogP contribution in [0.2, 0.25) is 0 Å². The van der Waals surface area contributed by atoms with Gasteiger partial charge in [0.15, 0.2) is 0 Å². The SMILES string of the molecule is COCCCNC(=O)c1ccc(Nc2cccc(C#N)c2)cn1. The number of pyridine rings is 1. The zero-order chi connectivity index (χ0) is 16.5. The van der Waals surface area contributed by atoms with Crippen LogP contribution < -0.4 is 10.6 Å².